The van der Waals surface area contributed by atoms with Gasteiger partial charge in [0.2, 0.25) is 5.17 Å². The van der Waals surface area contributed by atoms with Crippen molar-refractivity contribution in [3.05, 3.63) is 52.3 Å². The third kappa shape index (κ3) is 3.43. The molecule has 1 aromatic heterocycles. The number of amidine groups is 2. The fourth-order valence-electron chi connectivity index (χ4n) is 2.82. The van der Waals surface area contributed by atoms with E-state index in [2.05, 4.69) is 17.0 Å². The summed E-state index contributed by atoms with van der Waals surface area (Å²) in [6, 6.07) is 9.24. The Labute approximate surface area is 171 Å². The summed E-state index contributed by atoms with van der Waals surface area (Å²) in [5.41, 5.74) is 1.98. The lowest BCUT2D eigenvalue weighted by molar-refractivity contribution is -0.114. The minimum atomic E-state index is -0.465. The fourth-order valence-corrected chi connectivity index (χ4v) is 3.99. The van der Waals surface area contributed by atoms with E-state index >= 15 is 0 Å². The highest BCUT2D eigenvalue weighted by Gasteiger charge is 2.35. The molecule has 0 radical (unpaired) electrons. The molecule has 0 bridgehead atoms. The normalized spacial score (nSPS) is 17.8. The number of furan rings is 1. The molecule has 8 heteroatoms. The Bertz CT molecular complexity index is 1080. The third-order valence-corrected chi connectivity index (χ3v) is 5.71. The minimum absolute atomic E-state index is 0.00457. The number of halogens is 1. The summed E-state index contributed by atoms with van der Waals surface area (Å²) in [6.07, 6.45) is 3.26. The van der Waals surface area contributed by atoms with E-state index in [1.807, 2.05) is 31.2 Å². The smallest absolute Gasteiger partial charge is 0.283 e. The van der Waals surface area contributed by atoms with Gasteiger partial charge in [0.1, 0.15) is 16.6 Å². The average Bonchev–Trinajstić information content (AvgIpc) is 3.28. The summed E-state index contributed by atoms with van der Waals surface area (Å²) in [5.74, 6) is 0.633. The van der Waals surface area contributed by atoms with Crippen molar-refractivity contribution in [2.75, 3.05) is 0 Å². The number of carbonyl (C=O) groups is 1. The van der Waals surface area contributed by atoms with Gasteiger partial charge in [-0.15, -0.1) is 0 Å². The van der Waals surface area contributed by atoms with Crippen molar-refractivity contribution in [1.82, 2.24) is 5.01 Å². The van der Waals surface area contributed by atoms with Crippen LogP contribution in [0.25, 0.3) is 17.4 Å². The second-order valence-electron chi connectivity index (χ2n) is 6.43. The number of amides is 1. The molecule has 3 heterocycles. The molecule has 2 aromatic rings. The maximum absolute atomic E-state index is 12.4. The quantitative estimate of drug-likeness (QED) is 0.688. The zero-order valence-electron chi connectivity index (χ0n) is 15.3. The summed E-state index contributed by atoms with van der Waals surface area (Å²) in [5, 5.41) is 16.1. The Hall–Kier alpha value is -2.64. The van der Waals surface area contributed by atoms with Crippen molar-refractivity contribution in [3.8, 4) is 11.3 Å². The maximum Gasteiger partial charge on any atom is 0.283 e. The molecule has 0 fully saturated rings. The van der Waals surface area contributed by atoms with Crippen LogP contribution in [0.1, 0.15) is 31.1 Å². The predicted molar refractivity (Wildman–Crippen MR) is 114 cm³/mol. The van der Waals surface area contributed by atoms with Crippen LogP contribution in [0, 0.1) is 12.3 Å². The summed E-state index contributed by atoms with van der Waals surface area (Å²) in [7, 11) is 0. The monoisotopic (exact) mass is 412 g/mol. The molecule has 6 nitrogen and oxygen atoms in total. The Morgan fingerprint density at radius 2 is 2.14 bits per heavy atom. The van der Waals surface area contributed by atoms with E-state index in [-0.39, 0.29) is 11.4 Å². The van der Waals surface area contributed by atoms with Gasteiger partial charge in [-0.2, -0.15) is 15.1 Å². The molecular weight excluding hydrogens is 396 g/mol. The second kappa shape index (κ2) is 7.41. The van der Waals surface area contributed by atoms with Crippen molar-refractivity contribution in [2.24, 2.45) is 10.1 Å². The number of aryl methyl sites for hydroxylation is 1. The van der Waals surface area contributed by atoms with Crippen LogP contribution in [0.15, 0.2) is 50.4 Å². The number of aliphatic imine (C=N–C) groups is 1. The molecule has 1 aromatic carbocycles. The number of nitrogens with zero attached hydrogens (tertiary/aromatic N) is 3. The standard InChI is InChI=1S/C20H17ClN4O2S/c1-3-4-17-24-25-18(22)14(19(26)23-20(25)28-17)10-13-7-8-16(27-13)12-6-5-11(2)15(21)9-12/h5-10,22H,3-4H2,1-2H3. The molecule has 0 unspecified atom stereocenters. The van der Waals surface area contributed by atoms with Crippen LogP contribution in [0.2, 0.25) is 5.02 Å². The lowest BCUT2D eigenvalue weighted by atomic mass is 10.1. The number of thioether (sulfide) groups is 1. The fraction of sp³-hybridized carbons (Fsp3) is 0.200. The lowest BCUT2D eigenvalue weighted by Gasteiger charge is -2.19. The van der Waals surface area contributed by atoms with Gasteiger partial charge >= 0.3 is 0 Å². The Kier molecular flexibility index (Phi) is 4.95. The first-order chi connectivity index (χ1) is 13.5. The second-order valence-corrected chi connectivity index (χ2v) is 7.88. The van der Waals surface area contributed by atoms with Crippen LogP contribution in [-0.4, -0.2) is 27.0 Å². The van der Waals surface area contributed by atoms with E-state index in [1.54, 1.807) is 6.07 Å². The summed E-state index contributed by atoms with van der Waals surface area (Å²) >= 11 is 7.53. The third-order valence-electron chi connectivity index (χ3n) is 4.33. The number of carbonyl (C=O) groups excluding carboxylic acids is 1. The lowest BCUT2D eigenvalue weighted by Crippen LogP contribution is -2.35. The van der Waals surface area contributed by atoms with Crippen LogP contribution in [0.5, 0.6) is 0 Å². The van der Waals surface area contributed by atoms with Crippen molar-refractivity contribution in [3.63, 3.8) is 0 Å². The summed E-state index contributed by atoms with van der Waals surface area (Å²) in [6.45, 7) is 3.99. The molecule has 0 atom stereocenters. The highest BCUT2D eigenvalue weighted by Crippen LogP contribution is 2.31. The first-order valence-corrected chi connectivity index (χ1v) is 10.0. The van der Waals surface area contributed by atoms with Gasteiger partial charge in [-0.3, -0.25) is 10.2 Å². The van der Waals surface area contributed by atoms with Gasteiger partial charge < -0.3 is 4.42 Å². The van der Waals surface area contributed by atoms with Gasteiger partial charge in [-0.1, -0.05) is 30.7 Å². The first-order valence-electron chi connectivity index (χ1n) is 8.81. The zero-order valence-corrected chi connectivity index (χ0v) is 16.9. The van der Waals surface area contributed by atoms with E-state index in [4.69, 9.17) is 21.4 Å². The molecule has 0 aliphatic carbocycles. The number of fused-ring (bicyclic) bond motifs is 1. The largest absolute Gasteiger partial charge is 0.457 e. The molecule has 28 heavy (non-hydrogen) atoms. The van der Waals surface area contributed by atoms with Gasteiger partial charge in [0, 0.05) is 10.6 Å². The van der Waals surface area contributed by atoms with Gasteiger partial charge in [0.15, 0.2) is 5.84 Å². The Morgan fingerprint density at radius 1 is 1.32 bits per heavy atom. The van der Waals surface area contributed by atoms with Crippen LogP contribution in [0.4, 0.5) is 0 Å². The number of hydrogen-bond donors (Lipinski definition) is 1. The van der Waals surface area contributed by atoms with Crippen molar-refractivity contribution in [1.29, 1.82) is 5.41 Å². The van der Waals surface area contributed by atoms with Crippen LogP contribution in [0.3, 0.4) is 0 Å². The molecule has 0 saturated heterocycles. The Balaban J connectivity index is 1.63. The molecule has 2 aliphatic rings. The van der Waals surface area contributed by atoms with E-state index in [0.29, 0.717) is 21.7 Å². The zero-order chi connectivity index (χ0) is 19.8. The molecule has 142 valence electrons. The van der Waals surface area contributed by atoms with Crippen molar-refractivity contribution < 1.29 is 9.21 Å². The highest BCUT2D eigenvalue weighted by molar-refractivity contribution is 8.26. The van der Waals surface area contributed by atoms with Crippen molar-refractivity contribution in [2.45, 2.75) is 26.7 Å². The number of benzene rings is 1. The van der Waals surface area contributed by atoms with Crippen LogP contribution >= 0.6 is 23.4 Å². The predicted octanol–water partition coefficient (Wildman–Crippen LogP) is 5.33. The van der Waals surface area contributed by atoms with Crippen LogP contribution < -0.4 is 0 Å². The van der Waals surface area contributed by atoms with E-state index in [0.717, 1.165) is 29.0 Å². The highest BCUT2D eigenvalue weighted by atomic mass is 35.5. The summed E-state index contributed by atoms with van der Waals surface area (Å²) < 4.78 is 5.84. The Morgan fingerprint density at radius 3 is 2.89 bits per heavy atom. The molecule has 1 amide bonds. The SMILES string of the molecule is CCCC1=NN2C(=N)C(=Cc3ccc(-c4ccc(C)c(Cl)c4)o3)C(=O)N=C2S1. The van der Waals surface area contributed by atoms with E-state index in [1.165, 1.54) is 22.8 Å². The molecule has 4 rings (SSSR count). The van der Waals surface area contributed by atoms with Gasteiger partial charge in [-0.25, -0.2) is 0 Å². The van der Waals surface area contributed by atoms with Gasteiger partial charge in [0.05, 0.1) is 5.57 Å². The first kappa shape index (κ1) is 18.7. The molecule has 0 spiro atoms. The van der Waals surface area contributed by atoms with Gasteiger partial charge in [0.25, 0.3) is 5.91 Å². The number of rotatable bonds is 4. The van der Waals surface area contributed by atoms with E-state index in [9.17, 15) is 4.79 Å². The molecule has 0 saturated carbocycles. The minimum Gasteiger partial charge on any atom is -0.457 e. The molecule has 2 aliphatic heterocycles. The molecular formula is C20H17ClN4O2S. The number of nitrogens with one attached hydrogen (secondary N) is 1. The number of hydrogen-bond acceptors (Lipinski definition) is 5. The number of hydrazone groups is 1. The topological polar surface area (TPSA) is 82.0 Å². The molecule has 1 N–H and O–H groups in total. The average molecular weight is 413 g/mol. The van der Waals surface area contributed by atoms with Crippen LogP contribution in [-0.2, 0) is 4.79 Å². The van der Waals surface area contributed by atoms with E-state index < -0.39 is 5.91 Å². The van der Waals surface area contributed by atoms with Gasteiger partial charge in [-0.05, 0) is 61.4 Å². The maximum atomic E-state index is 12.4. The van der Waals surface area contributed by atoms with Crippen molar-refractivity contribution >= 4 is 51.4 Å². The summed E-state index contributed by atoms with van der Waals surface area (Å²) in [4.78, 5) is 16.5.